The molecule has 0 saturated heterocycles. The van der Waals surface area contributed by atoms with E-state index in [-0.39, 0.29) is 5.41 Å². The molecule has 1 aromatic carbocycles. The van der Waals surface area contributed by atoms with E-state index >= 15 is 0 Å². The van der Waals surface area contributed by atoms with Crippen LogP contribution in [0, 0.1) is 5.41 Å². The van der Waals surface area contributed by atoms with E-state index in [0.717, 1.165) is 41.6 Å². The Balaban J connectivity index is 1.96. The molecule has 0 radical (unpaired) electrons. The van der Waals surface area contributed by atoms with Crippen LogP contribution in [0.2, 0.25) is 5.02 Å². The molecule has 0 fully saturated rings. The fourth-order valence-electron chi connectivity index (χ4n) is 2.11. The van der Waals surface area contributed by atoms with Crippen molar-refractivity contribution in [2.45, 2.75) is 33.7 Å². The third-order valence-corrected chi connectivity index (χ3v) is 4.06. The molecule has 1 heterocycles. The fraction of sp³-hybridized carbons (Fsp3) is 0.389. The van der Waals surface area contributed by atoms with Crippen molar-refractivity contribution in [3.05, 3.63) is 65.3 Å². The average Bonchev–Trinajstić information content (AvgIpc) is 2.88. The summed E-state index contributed by atoms with van der Waals surface area (Å²) in [5.41, 5.74) is 2.24. The number of aromatic nitrogens is 2. The average molecular weight is 318 g/mol. The molecular weight excluding hydrogens is 294 g/mol. The molecule has 0 spiro atoms. The normalized spacial score (nSPS) is 11.5. The van der Waals surface area contributed by atoms with E-state index < -0.39 is 0 Å². The number of nitrogens with one attached hydrogen (secondary N) is 1. The molecule has 0 atom stereocenters. The molecule has 3 nitrogen and oxygen atoms in total. The molecule has 0 amide bonds. The van der Waals surface area contributed by atoms with Crippen LogP contribution in [0.15, 0.2) is 48.9 Å². The molecule has 1 N–H and O–H groups in total. The Morgan fingerprint density at radius 2 is 2.05 bits per heavy atom. The zero-order valence-corrected chi connectivity index (χ0v) is 14.3. The largest absolute Gasteiger partial charge is 0.388 e. The van der Waals surface area contributed by atoms with Gasteiger partial charge in [0.15, 0.2) is 0 Å². The topological polar surface area (TPSA) is 29.9 Å². The van der Waals surface area contributed by atoms with Crippen molar-refractivity contribution in [1.82, 2.24) is 14.9 Å². The summed E-state index contributed by atoms with van der Waals surface area (Å²) in [6.45, 7) is 12.1. The van der Waals surface area contributed by atoms with Crippen LogP contribution in [0.3, 0.4) is 0 Å². The molecular formula is C18H24ClN3. The molecule has 118 valence electrons. The molecule has 22 heavy (non-hydrogen) atoms. The Morgan fingerprint density at radius 1 is 1.32 bits per heavy atom. The number of nitrogens with zero attached hydrogens (tertiary/aromatic N) is 2. The molecule has 1 aromatic heterocycles. The Bertz CT molecular complexity index is 638. The molecule has 0 saturated carbocycles. The van der Waals surface area contributed by atoms with Gasteiger partial charge >= 0.3 is 0 Å². The lowest BCUT2D eigenvalue weighted by Gasteiger charge is -2.23. The molecule has 4 heteroatoms. The lowest BCUT2D eigenvalue weighted by atomic mass is 9.93. The second kappa shape index (κ2) is 7.01. The first-order valence-corrected chi connectivity index (χ1v) is 7.92. The smallest absolute Gasteiger partial charge is 0.110 e. The van der Waals surface area contributed by atoms with Crippen LogP contribution in [0.5, 0.6) is 0 Å². The molecule has 2 aromatic rings. The molecule has 2 rings (SSSR count). The second-order valence-electron chi connectivity index (χ2n) is 6.47. The van der Waals surface area contributed by atoms with E-state index in [9.17, 15) is 0 Å². The molecule has 0 aliphatic heterocycles. The Kier molecular flexibility index (Phi) is 5.30. The molecule has 0 aliphatic rings. The third kappa shape index (κ3) is 4.38. The first-order chi connectivity index (χ1) is 10.4. The zero-order chi connectivity index (χ0) is 16.2. The van der Waals surface area contributed by atoms with Crippen LogP contribution >= 0.6 is 11.6 Å². The fourth-order valence-corrected chi connectivity index (χ4v) is 2.31. The van der Waals surface area contributed by atoms with Gasteiger partial charge in [0.1, 0.15) is 5.82 Å². The van der Waals surface area contributed by atoms with E-state index in [4.69, 9.17) is 11.6 Å². The highest BCUT2D eigenvalue weighted by atomic mass is 35.5. The highest BCUT2D eigenvalue weighted by Crippen LogP contribution is 2.21. The first kappa shape index (κ1) is 16.6. The Morgan fingerprint density at radius 3 is 2.73 bits per heavy atom. The number of imidazole rings is 1. The van der Waals surface area contributed by atoms with Crippen molar-refractivity contribution in [2.75, 3.05) is 6.54 Å². The van der Waals surface area contributed by atoms with E-state index in [2.05, 4.69) is 42.2 Å². The van der Waals surface area contributed by atoms with Gasteiger partial charge in [0.25, 0.3) is 0 Å². The van der Waals surface area contributed by atoms with Crippen LogP contribution in [0.1, 0.15) is 32.2 Å². The number of rotatable bonds is 6. The van der Waals surface area contributed by atoms with Crippen molar-refractivity contribution in [3.63, 3.8) is 0 Å². The summed E-state index contributed by atoms with van der Waals surface area (Å²) in [7, 11) is 0. The Hall–Kier alpha value is -1.74. The summed E-state index contributed by atoms with van der Waals surface area (Å²) in [6, 6.07) is 7.92. The minimum Gasteiger partial charge on any atom is -0.388 e. The van der Waals surface area contributed by atoms with E-state index in [1.165, 1.54) is 0 Å². The third-order valence-electron chi connectivity index (χ3n) is 3.69. The van der Waals surface area contributed by atoms with Crippen LogP contribution in [0.4, 0.5) is 0 Å². The SMILES string of the molecule is C=C(NCCc1nccn1Cc1ccccc1Cl)C(C)(C)C. The van der Waals surface area contributed by atoms with E-state index in [0.29, 0.717) is 0 Å². The quantitative estimate of drug-likeness (QED) is 0.862. The maximum absolute atomic E-state index is 6.23. The summed E-state index contributed by atoms with van der Waals surface area (Å²) in [5, 5.41) is 4.18. The van der Waals surface area contributed by atoms with Gasteiger partial charge in [-0.25, -0.2) is 4.98 Å². The highest BCUT2D eigenvalue weighted by molar-refractivity contribution is 6.31. The lowest BCUT2D eigenvalue weighted by Crippen LogP contribution is -2.26. The van der Waals surface area contributed by atoms with Crippen molar-refractivity contribution >= 4 is 11.6 Å². The Labute approximate surface area is 138 Å². The minimum atomic E-state index is 0.0764. The van der Waals surface area contributed by atoms with Crippen LogP contribution in [0.25, 0.3) is 0 Å². The van der Waals surface area contributed by atoms with Gasteiger partial charge in [-0.1, -0.05) is 57.2 Å². The van der Waals surface area contributed by atoms with Crippen LogP contribution < -0.4 is 5.32 Å². The molecule has 0 bridgehead atoms. The van der Waals surface area contributed by atoms with Crippen molar-refractivity contribution in [1.29, 1.82) is 0 Å². The van der Waals surface area contributed by atoms with Gasteiger partial charge in [0, 0.05) is 41.5 Å². The summed E-state index contributed by atoms with van der Waals surface area (Å²) in [4.78, 5) is 4.45. The van der Waals surface area contributed by atoms with Crippen molar-refractivity contribution < 1.29 is 0 Å². The van der Waals surface area contributed by atoms with Gasteiger partial charge in [0.2, 0.25) is 0 Å². The summed E-state index contributed by atoms with van der Waals surface area (Å²) >= 11 is 6.23. The van der Waals surface area contributed by atoms with Crippen LogP contribution in [-0.2, 0) is 13.0 Å². The van der Waals surface area contributed by atoms with Gasteiger partial charge in [-0.3, -0.25) is 0 Å². The standard InChI is InChI=1S/C18H24ClN3/c1-14(18(2,3)4)20-10-9-17-21-11-12-22(17)13-15-7-5-6-8-16(15)19/h5-8,11-12,20H,1,9-10,13H2,2-4H3. The molecule has 0 aliphatic carbocycles. The predicted molar refractivity (Wildman–Crippen MR) is 93.1 cm³/mol. The monoisotopic (exact) mass is 317 g/mol. The predicted octanol–water partition coefficient (Wildman–Crippen LogP) is 4.28. The number of halogens is 1. The highest BCUT2D eigenvalue weighted by Gasteiger charge is 2.14. The van der Waals surface area contributed by atoms with Crippen molar-refractivity contribution in [3.8, 4) is 0 Å². The maximum Gasteiger partial charge on any atom is 0.110 e. The molecule has 0 unspecified atom stereocenters. The van der Waals surface area contributed by atoms with E-state index in [1.54, 1.807) is 0 Å². The van der Waals surface area contributed by atoms with E-state index in [1.807, 2.05) is 36.7 Å². The van der Waals surface area contributed by atoms with Gasteiger partial charge in [-0.2, -0.15) is 0 Å². The number of hydrogen-bond acceptors (Lipinski definition) is 2. The van der Waals surface area contributed by atoms with Crippen molar-refractivity contribution in [2.24, 2.45) is 5.41 Å². The summed E-state index contributed by atoms with van der Waals surface area (Å²) in [5.74, 6) is 1.05. The number of allylic oxidation sites excluding steroid dienone is 1. The zero-order valence-electron chi connectivity index (χ0n) is 13.6. The van der Waals surface area contributed by atoms with Gasteiger partial charge in [0.05, 0.1) is 6.54 Å². The number of benzene rings is 1. The first-order valence-electron chi connectivity index (χ1n) is 7.54. The minimum absolute atomic E-state index is 0.0764. The lowest BCUT2D eigenvalue weighted by molar-refractivity contribution is 0.461. The maximum atomic E-state index is 6.23. The van der Waals surface area contributed by atoms with Crippen LogP contribution in [-0.4, -0.2) is 16.1 Å². The van der Waals surface area contributed by atoms with Gasteiger partial charge < -0.3 is 9.88 Å². The van der Waals surface area contributed by atoms with Gasteiger partial charge in [-0.05, 0) is 11.6 Å². The number of hydrogen-bond donors (Lipinski definition) is 1. The summed E-state index contributed by atoms with van der Waals surface area (Å²) in [6.07, 6.45) is 4.69. The second-order valence-corrected chi connectivity index (χ2v) is 6.88. The van der Waals surface area contributed by atoms with Gasteiger partial charge in [-0.15, -0.1) is 0 Å². The summed E-state index contributed by atoms with van der Waals surface area (Å²) < 4.78 is 2.14.